The Morgan fingerprint density at radius 3 is 2.41 bits per heavy atom. The van der Waals surface area contributed by atoms with Crippen molar-refractivity contribution in [1.29, 1.82) is 0 Å². The third kappa shape index (κ3) is 4.21. The van der Waals surface area contributed by atoms with Crippen LogP contribution in [-0.4, -0.2) is 56.1 Å². The normalized spacial score (nSPS) is 16.0. The lowest BCUT2D eigenvalue weighted by molar-refractivity contribution is -0.121. The molecule has 4 rings (SSSR count). The standard InChI is InChI=1S/C24H27N3O5/c1-30-20-12-17(13-21(31-2)22(20)32-3)25-23(28)16-8-6-10-27(14-16)24(29)19-11-15-7-4-5-9-18(15)26-19/h4-5,7,9,11-13,16,26H,6,8,10,14H2,1-3H3,(H,25,28)/t16-/m0/s1. The highest BCUT2D eigenvalue weighted by atomic mass is 16.5. The molecule has 0 saturated carbocycles. The Hall–Kier alpha value is -3.68. The highest BCUT2D eigenvalue weighted by Crippen LogP contribution is 2.40. The van der Waals surface area contributed by atoms with Crippen LogP contribution in [0.3, 0.4) is 0 Å². The number of hydrogen-bond acceptors (Lipinski definition) is 5. The molecule has 8 heteroatoms. The second kappa shape index (κ2) is 9.21. The second-order valence-electron chi connectivity index (χ2n) is 7.76. The van der Waals surface area contributed by atoms with Crippen molar-refractivity contribution in [2.24, 2.45) is 5.92 Å². The summed E-state index contributed by atoms with van der Waals surface area (Å²) in [5.41, 5.74) is 2.00. The first-order valence-electron chi connectivity index (χ1n) is 10.5. The summed E-state index contributed by atoms with van der Waals surface area (Å²) in [6.07, 6.45) is 1.48. The number of carbonyl (C=O) groups excluding carboxylic acids is 2. The molecule has 168 valence electrons. The Kier molecular flexibility index (Phi) is 6.20. The fourth-order valence-electron chi connectivity index (χ4n) is 4.13. The average Bonchev–Trinajstić information content (AvgIpc) is 3.27. The fourth-order valence-corrected chi connectivity index (χ4v) is 4.13. The molecule has 0 aliphatic carbocycles. The number of anilines is 1. The van der Waals surface area contributed by atoms with Crippen LogP contribution in [0, 0.1) is 5.92 Å². The van der Waals surface area contributed by atoms with E-state index in [9.17, 15) is 9.59 Å². The summed E-state index contributed by atoms with van der Waals surface area (Å²) in [6, 6.07) is 13.0. The van der Waals surface area contributed by atoms with Crippen LogP contribution in [0.1, 0.15) is 23.3 Å². The van der Waals surface area contributed by atoms with Gasteiger partial charge in [-0.05, 0) is 25.0 Å². The van der Waals surface area contributed by atoms with Gasteiger partial charge in [-0.25, -0.2) is 0 Å². The van der Waals surface area contributed by atoms with Crippen LogP contribution in [0.5, 0.6) is 17.2 Å². The van der Waals surface area contributed by atoms with Crippen molar-refractivity contribution in [1.82, 2.24) is 9.88 Å². The molecule has 1 atom stereocenters. The maximum Gasteiger partial charge on any atom is 0.270 e. The van der Waals surface area contributed by atoms with E-state index in [1.807, 2.05) is 30.3 Å². The van der Waals surface area contributed by atoms with Crippen molar-refractivity contribution in [3.8, 4) is 17.2 Å². The second-order valence-corrected chi connectivity index (χ2v) is 7.76. The molecule has 1 fully saturated rings. The van der Waals surface area contributed by atoms with E-state index in [0.29, 0.717) is 48.1 Å². The highest BCUT2D eigenvalue weighted by molar-refractivity contribution is 5.99. The lowest BCUT2D eigenvalue weighted by Crippen LogP contribution is -2.43. The van der Waals surface area contributed by atoms with Crippen molar-refractivity contribution in [3.05, 3.63) is 48.2 Å². The molecular weight excluding hydrogens is 410 g/mol. The van der Waals surface area contributed by atoms with E-state index in [4.69, 9.17) is 14.2 Å². The van der Waals surface area contributed by atoms with Gasteiger partial charge in [0.15, 0.2) is 11.5 Å². The molecule has 2 N–H and O–H groups in total. The van der Waals surface area contributed by atoms with Gasteiger partial charge in [-0.2, -0.15) is 0 Å². The number of ether oxygens (including phenoxy) is 3. The van der Waals surface area contributed by atoms with E-state index < -0.39 is 0 Å². The first-order valence-corrected chi connectivity index (χ1v) is 10.5. The Balaban J connectivity index is 1.47. The van der Waals surface area contributed by atoms with Crippen molar-refractivity contribution in [2.75, 3.05) is 39.7 Å². The molecule has 1 aliphatic rings. The molecule has 2 amide bonds. The van der Waals surface area contributed by atoms with Crippen molar-refractivity contribution in [3.63, 3.8) is 0 Å². The molecule has 8 nitrogen and oxygen atoms in total. The first kappa shape index (κ1) is 21.5. The van der Waals surface area contributed by atoms with Gasteiger partial charge in [0.2, 0.25) is 11.7 Å². The van der Waals surface area contributed by atoms with Gasteiger partial charge < -0.3 is 29.4 Å². The van der Waals surface area contributed by atoms with Gasteiger partial charge in [0, 0.05) is 41.8 Å². The van der Waals surface area contributed by atoms with Crippen LogP contribution in [-0.2, 0) is 4.79 Å². The van der Waals surface area contributed by atoms with Gasteiger partial charge in [-0.15, -0.1) is 0 Å². The molecule has 0 unspecified atom stereocenters. The number of benzene rings is 2. The van der Waals surface area contributed by atoms with Crippen LogP contribution >= 0.6 is 0 Å². The summed E-state index contributed by atoms with van der Waals surface area (Å²) in [7, 11) is 4.58. The van der Waals surface area contributed by atoms with Gasteiger partial charge in [0.1, 0.15) is 5.69 Å². The number of piperidine rings is 1. The summed E-state index contributed by atoms with van der Waals surface area (Å²) in [5, 5.41) is 3.92. The Morgan fingerprint density at radius 2 is 1.75 bits per heavy atom. The smallest absolute Gasteiger partial charge is 0.270 e. The first-order chi connectivity index (χ1) is 15.5. The number of para-hydroxylation sites is 1. The van der Waals surface area contributed by atoms with E-state index in [2.05, 4.69) is 10.3 Å². The van der Waals surface area contributed by atoms with Crippen LogP contribution < -0.4 is 19.5 Å². The predicted octanol–water partition coefficient (Wildman–Crippen LogP) is 3.68. The summed E-state index contributed by atoms with van der Waals surface area (Å²) in [5.74, 6) is 0.833. The molecule has 32 heavy (non-hydrogen) atoms. The molecule has 3 aromatic rings. The SMILES string of the molecule is COc1cc(NC(=O)[C@H]2CCCN(C(=O)c3cc4ccccc4[nH]3)C2)cc(OC)c1OC. The summed E-state index contributed by atoms with van der Waals surface area (Å²) in [6.45, 7) is 0.993. The van der Waals surface area contributed by atoms with Crippen molar-refractivity contribution in [2.45, 2.75) is 12.8 Å². The number of fused-ring (bicyclic) bond motifs is 1. The fraction of sp³-hybridized carbons (Fsp3) is 0.333. The minimum Gasteiger partial charge on any atom is -0.493 e. The van der Waals surface area contributed by atoms with Gasteiger partial charge in [0.25, 0.3) is 5.91 Å². The van der Waals surface area contributed by atoms with E-state index >= 15 is 0 Å². The zero-order chi connectivity index (χ0) is 22.7. The van der Waals surface area contributed by atoms with E-state index in [-0.39, 0.29) is 17.7 Å². The number of carbonyl (C=O) groups is 2. The Labute approximate surface area is 186 Å². The molecule has 0 radical (unpaired) electrons. The molecule has 0 spiro atoms. The average molecular weight is 437 g/mol. The maximum atomic E-state index is 13.0. The highest BCUT2D eigenvalue weighted by Gasteiger charge is 2.30. The molecule has 1 saturated heterocycles. The maximum absolute atomic E-state index is 13.0. The number of aromatic amines is 1. The van der Waals surface area contributed by atoms with Crippen LogP contribution in [0.4, 0.5) is 5.69 Å². The molecule has 0 bridgehead atoms. The van der Waals surface area contributed by atoms with Gasteiger partial charge in [-0.3, -0.25) is 9.59 Å². The number of aromatic nitrogens is 1. The lowest BCUT2D eigenvalue weighted by Gasteiger charge is -2.31. The van der Waals surface area contributed by atoms with Crippen molar-refractivity contribution < 1.29 is 23.8 Å². The largest absolute Gasteiger partial charge is 0.493 e. The zero-order valence-electron chi connectivity index (χ0n) is 18.4. The topological polar surface area (TPSA) is 92.9 Å². The van der Waals surface area contributed by atoms with E-state index in [1.54, 1.807) is 17.0 Å². The van der Waals surface area contributed by atoms with Gasteiger partial charge in [0.05, 0.1) is 27.2 Å². The number of nitrogens with one attached hydrogen (secondary N) is 2. The van der Waals surface area contributed by atoms with Gasteiger partial charge >= 0.3 is 0 Å². The molecule has 1 aromatic heterocycles. The van der Waals surface area contributed by atoms with Crippen LogP contribution in [0.2, 0.25) is 0 Å². The monoisotopic (exact) mass is 437 g/mol. The van der Waals surface area contributed by atoms with Crippen LogP contribution in [0.15, 0.2) is 42.5 Å². The number of nitrogens with zero attached hydrogens (tertiary/aromatic N) is 1. The summed E-state index contributed by atoms with van der Waals surface area (Å²) >= 11 is 0. The lowest BCUT2D eigenvalue weighted by atomic mass is 9.96. The number of amides is 2. The van der Waals surface area contributed by atoms with E-state index in [1.165, 1.54) is 21.3 Å². The summed E-state index contributed by atoms with van der Waals surface area (Å²) in [4.78, 5) is 31.0. The number of methoxy groups -OCH3 is 3. The Bertz CT molecular complexity index is 1080. The third-order valence-corrected chi connectivity index (χ3v) is 5.77. The third-order valence-electron chi connectivity index (χ3n) is 5.77. The van der Waals surface area contributed by atoms with Gasteiger partial charge in [-0.1, -0.05) is 18.2 Å². The predicted molar refractivity (Wildman–Crippen MR) is 122 cm³/mol. The zero-order valence-corrected chi connectivity index (χ0v) is 18.4. The molecular formula is C24H27N3O5. The number of H-pyrrole nitrogens is 1. The molecule has 1 aliphatic heterocycles. The number of rotatable bonds is 6. The number of hydrogen-bond donors (Lipinski definition) is 2. The number of likely N-dealkylation sites (tertiary alicyclic amines) is 1. The minimum atomic E-state index is -0.309. The summed E-state index contributed by atoms with van der Waals surface area (Å²) < 4.78 is 16.0. The van der Waals surface area contributed by atoms with Crippen molar-refractivity contribution >= 4 is 28.4 Å². The Morgan fingerprint density at radius 1 is 1.03 bits per heavy atom. The van der Waals surface area contributed by atoms with Crippen LogP contribution in [0.25, 0.3) is 10.9 Å². The molecule has 2 heterocycles. The quantitative estimate of drug-likeness (QED) is 0.614. The molecule has 2 aromatic carbocycles. The minimum absolute atomic E-state index is 0.0912. The van der Waals surface area contributed by atoms with E-state index in [0.717, 1.165) is 17.3 Å².